The van der Waals surface area contributed by atoms with E-state index in [0.29, 0.717) is 29.4 Å². The van der Waals surface area contributed by atoms with Crippen LogP contribution in [0.3, 0.4) is 0 Å². The highest BCUT2D eigenvalue weighted by Crippen LogP contribution is 2.74. The van der Waals surface area contributed by atoms with Gasteiger partial charge in [0.05, 0.1) is 16.8 Å². The number of hydrogen-bond donors (Lipinski definition) is 0. The SMILES string of the molecule is CC(C)[C@@H](C)C=C[C@@H](C)[C@H]1CC[C@@H]2[C@]1(C)CC[C@H]1[C@]23C=C[C@]2(C[C@@H](O[Si](C)(C)C(C)(C)C)CC[C@]12C)n1c(=O)n(-c2ccccc2)c(=O)n13. The average Bonchev–Trinajstić information content (AvgIpc) is 3.54. The molecule has 2 aliphatic heterocycles. The molecule has 2 bridgehead atoms. The Morgan fingerprint density at radius 3 is 2.18 bits per heavy atom. The number of para-hydroxylation sites is 1. The van der Waals surface area contributed by atoms with Gasteiger partial charge < -0.3 is 4.43 Å². The van der Waals surface area contributed by atoms with Crippen LogP contribution in [0.1, 0.15) is 107 Å². The fourth-order valence-electron chi connectivity index (χ4n) is 11.7. The first kappa shape index (κ1) is 35.0. The van der Waals surface area contributed by atoms with Gasteiger partial charge in [-0.1, -0.05) is 105 Å². The molecule has 0 saturated heterocycles. The second-order valence-corrected chi connectivity index (χ2v) is 24.1. The normalized spacial score (nSPS) is 38.0. The van der Waals surface area contributed by atoms with Gasteiger partial charge in [-0.2, -0.15) is 0 Å². The third kappa shape index (κ3) is 4.65. The summed E-state index contributed by atoms with van der Waals surface area (Å²) in [6.07, 6.45) is 17.1. The summed E-state index contributed by atoms with van der Waals surface area (Å²) in [7, 11) is -2.06. The van der Waals surface area contributed by atoms with Crippen molar-refractivity contribution in [3.8, 4) is 5.69 Å². The maximum atomic E-state index is 15.1. The van der Waals surface area contributed by atoms with E-state index in [4.69, 9.17) is 4.43 Å². The maximum absolute atomic E-state index is 15.1. The van der Waals surface area contributed by atoms with E-state index in [1.54, 1.807) is 0 Å². The van der Waals surface area contributed by atoms with Crippen LogP contribution in [0.25, 0.3) is 5.69 Å². The van der Waals surface area contributed by atoms with Gasteiger partial charge in [0.1, 0.15) is 0 Å². The highest BCUT2D eigenvalue weighted by Gasteiger charge is 2.75. The molecule has 1 aromatic carbocycles. The second-order valence-electron chi connectivity index (χ2n) is 19.3. The molecule has 4 aliphatic carbocycles. The lowest BCUT2D eigenvalue weighted by molar-refractivity contribution is -0.198. The predicted molar refractivity (Wildman–Crippen MR) is 203 cm³/mol. The van der Waals surface area contributed by atoms with E-state index in [9.17, 15) is 0 Å². The van der Waals surface area contributed by atoms with Gasteiger partial charge in [0, 0.05) is 17.9 Å². The van der Waals surface area contributed by atoms with E-state index in [1.165, 1.54) is 11.0 Å². The molecular formula is C42H63N3O3Si. The monoisotopic (exact) mass is 685 g/mol. The van der Waals surface area contributed by atoms with E-state index in [0.717, 1.165) is 38.5 Å². The fourth-order valence-corrected chi connectivity index (χ4v) is 13.1. The topological polar surface area (TPSA) is 58.2 Å². The molecule has 0 N–H and O–H groups in total. The van der Waals surface area contributed by atoms with E-state index >= 15 is 9.59 Å². The second kappa shape index (κ2) is 11.3. The Morgan fingerprint density at radius 1 is 0.857 bits per heavy atom. The maximum Gasteiger partial charge on any atom is 0.352 e. The Labute approximate surface area is 296 Å². The van der Waals surface area contributed by atoms with Crippen LogP contribution in [0.15, 0.2) is 64.2 Å². The van der Waals surface area contributed by atoms with Crippen molar-refractivity contribution in [2.45, 2.75) is 143 Å². The molecule has 0 unspecified atom stereocenters. The highest BCUT2D eigenvalue weighted by atomic mass is 28.4. The van der Waals surface area contributed by atoms with Crippen molar-refractivity contribution < 1.29 is 4.43 Å². The standard InChI is InChI=1S/C42H63N3O3Si/c1-28(2)29(3)17-18-30(4)33-19-20-34-39(33,8)23-22-35-40(9)24-21-32(48-49(10,11)38(5,6)7)27-41(40)25-26-42(34,35)45-37(47)43(36(46)44(41)45)31-15-13-12-14-16-31/h12-18,25-26,28-30,32-35H,19-24,27H2,1-11H3/t29-,30+,32-,33+,34+,35+,39+,40+,41+,42-/m0/s1. The Bertz CT molecular complexity index is 1780. The van der Waals surface area contributed by atoms with Crippen molar-refractivity contribution in [1.82, 2.24) is 13.9 Å². The van der Waals surface area contributed by atoms with Crippen LogP contribution in [0.2, 0.25) is 18.1 Å². The van der Waals surface area contributed by atoms with Gasteiger partial charge in [-0.25, -0.2) is 23.5 Å². The summed E-state index contributed by atoms with van der Waals surface area (Å²) < 4.78 is 12.7. The van der Waals surface area contributed by atoms with Gasteiger partial charge in [-0.05, 0) is 110 Å². The molecule has 268 valence electrons. The summed E-state index contributed by atoms with van der Waals surface area (Å²) in [4.78, 5) is 30.1. The summed E-state index contributed by atoms with van der Waals surface area (Å²) in [6, 6.07) is 9.62. The fraction of sp³-hybridized carbons (Fsp3) is 0.714. The van der Waals surface area contributed by atoms with Crippen LogP contribution in [-0.4, -0.2) is 28.4 Å². The largest absolute Gasteiger partial charge is 0.414 e. The molecule has 10 atom stereocenters. The van der Waals surface area contributed by atoms with Crippen LogP contribution in [-0.2, 0) is 15.5 Å². The van der Waals surface area contributed by atoms with Crippen molar-refractivity contribution >= 4 is 8.32 Å². The first-order valence-corrected chi connectivity index (χ1v) is 22.4. The Kier molecular flexibility index (Phi) is 8.09. The molecule has 2 aromatic rings. The molecule has 7 heteroatoms. The molecule has 6 aliphatic rings. The molecule has 1 aromatic heterocycles. The molecular weight excluding hydrogens is 623 g/mol. The number of aromatic nitrogens is 3. The lowest BCUT2D eigenvalue weighted by Crippen LogP contribution is -2.76. The zero-order valence-electron chi connectivity index (χ0n) is 32.3. The van der Waals surface area contributed by atoms with Crippen LogP contribution in [0, 0.1) is 46.3 Å². The summed E-state index contributed by atoms with van der Waals surface area (Å²) in [5.41, 5.74) is -0.956. The summed E-state index contributed by atoms with van der Waals surface area (Å²) in [5, 5.41) is 0.0944. The van der Waals surface area contributed by atoms with Gasteiger partial charge in [0.2, 0.25) is 0 Å². The number of benzene rings is 1. The van der Waals surface area contributed by atoms with Crippen molar-refractivity contribution in [3.63, 3.8) is 0 Å². The Balaban J connectivity index is 1.40. The van der Waals surface area contributed by atoms with E-state index < -0.39 is 19.4 Å². The smallest absolute Gasteiger partial charge is 0.352 e. The van der Waals surface area contributed by atoms with Crippen molar-refractivity contribution in [2.24, 2.45) is 46.3 Å². The minimum atomic E-state index is -2.06. The molecule has 3 fully saturated rings. The molecule has 8 rings (SSSR count). The van der Waals surface area contributed by atoms with Crippen molar-refractivity contribution in [1.29, 1.82) is 0 Å². The summed E-state index contributed by atoms with van der Waals surface area (Å²) in [6.45, 7) is 26.0. The summed E-state index contributed by atoms with van der Waals surface area (Å²) >= 11 is 0. The van der Waals surface area contributed by atoms with Crippen LogP contribution >= 0.6 is 0 Å². The molecule has 3 saturated carbocycles. The van der Waals surface area contributed by atoms with E-state index in [-0.39, 0.29) is 45.2 Å². The van der Waals surface area contributed by atoms with Gasteiger partial charge in [-0.15, -0.1) is 0 Å². The van der Waals surface area contributed by atoms with Gasteiger partial charge in [0.15, 0.2) is 8.32 Å². The zero-order chi connectivity index (χ0) is 35.5. The van der Waals surface area contributed by atoms with Crippen LogP contribution < -0.4 is 11.4 Å². The molecule has 49 heavy (non-hydrogen) atoms. The van der Waals surface area contributed by atoms with Gasteiger partial charge >= 0.3 is 11.4 Å². The lowest BCUT2D eigenvalue weighted by Gasteiger charge is -2.71. The predicted octanol–water partition coefficient (Wildman–Crippen LogP) is 9.28. The first-order chi connectivity index (χ1) is 22.9. The van der Waals surface area contributed by atoms with Gasteiger partial charge in [0.25, 0.3) is 0 Å². The van der Waals surface area contributed by atoms with Gasteiger partial charge in [-0.3, -0.25) is 0 Å². The van der Waals surface area contributed by atoms with Crippen LogP contribution in [0.4, 0.5) is 0 Å². The molecule has 3 heterocycles. The molecule has 2 spiro atoms. The molecule has 6 nitrogen and oxygen atoms in total. The molecule has 0 radical (unpaired) electrons. The minimum absolute atomic E-state index is 0.0466. The van der Waals surface area contributed by atoms with Crippen molar-refractivity contribution in [2.75, 3.05) is 0 Å². The third-order valence-corrected chi connectivity index (χ3v) is 20.3. The third-order valence-electron chi connectivity index (χ3n) is 15.8. The summed E-state index contributed by atoms with van der Waals surface area (Å²) in [5.74, 6) is 2.75. The van der Waals surface area contributed by atoms with Crippen LogP contribution in [0.5, 0.6) is 0 Å². The molecule has 0 amide bonds. The average molecular weight is 686 g/mol. The number of allylic oxidation sites excluding steroid dienone is 4. The van der Waals surface area contributed by atoms with E-state index in [1.807, 2.05) is 39.7 Å². The number of rotatable bonds is 7. The number of hydrogen-bond acceptors (Lipinski definition) is 3. The number of nitrogens with zero attached hydrogens (tertiary/aromatic N) is 3. The first-order valence-electron chi connectivity index (χ1n) is 19.5. The number of fused-ring (bicyclic) bond motifs is 1. The zero-order valence-corrected chi connectivity index (χ0v) is 33.3. The van der Waals surface area contributed by atoms with Crippen molar-refractivity contribution in [3.05, 3.63) is 75.6 Å². The van der Waals surface area contributed by atoms with E-state index in [2.05, 4.69) is 99.7 Å². The highest BCUT2D eigenvalue weighted by molar-refractivity contribution is 6.74. The Hall–Kier alpha value is -2.38. The Morgan fingerprint density at radius 2 is 1.53 bits per heavy atom. The quantitative estimate of drug-likeness (QED) is 0.216. The lowest BCUT2D eigenvalue weighted by atomic mass is 9.40. The minimum Gasteiger partial charge on any atom is -0.414 e.